The van der Waals surface area contributed by atoms with E-state index in [1.54, 1.807) is 14.1 Å². The molecule has 0 saturated carbocycles. The number of nitrogens with zero attached hydrogens (tertiary/aromatic N) is 4. The molecule has 0 aliphatic carbocycles. The number of rotatable bonds is 7. The number of aliphatic imine (C=N–C) groups is 1. The number of amides is 1. The highest BCUT2D eigenvalue weighted by atomic mass is 19.4. The molecule has 0 radical (unpaired) electrons. The number of nitrogens with one attached hydrogen (secondary N) is 4. The van der Waals surface area contributed by atoms with Crippen LogP contribution in [-0.4, -0.2) is 79.6 Å². The minimum absolute atomic E-state index is 0.00568. The van der Waals surface area contributed by atoms with E-state index in [-0.39, 0.29) is 17.9 Å². The number of carbonyl (C=O) groups is 1. The van der Waals surface area contributed by atoms with Crippen molar-refractivity contribution < 1.29 is 18.0 Å². The smallest absolute Gasteiger partial charge is 0.358 e. The standard InChI is InChI=1S/C17H27F3N8O/c1-21-14(29)11-28-9-4-12(5-10-28)26-15(22-2)24-7-8-25-16-23-6-3-13(27-16)17(18,19)20/h3,6,12H,4-5,7-11H2,1-2H3,(H,21,29)(H2,22,24,26)(H,23,25,27). The first-order valence-electron chi connectivity index (χ1n) is 9.36. The van der Waals surface area contributed by atoms with E-state index in [0.717, 1.165) is 38.2 Å². The molecule has 0 unspecified atom stereocenters. The van der Waals surface area contributed by atoms with Gasteiger partial charge in [-0.3, -0.25) is 14.7 Å². The topological polar surface area (TPSA) is 107 Å². The maximum Gasteiger partial charge on any atom is 0.433 e. The summed E-state index contributed by atoms with van der Waals surface area (Å²) in [4.78, 5) is 24.9. The monoisotopic (exact) mass is 416 g/mol. The minimum atomic E-state index is -4.50. The Labute approximate surface area is 167 Å². The van der Waals surface area contributed by atoms with Gasteiger partial charge in [0.1, 0.15) is 5.69 Å². The molecule has 29 heavy (non-hydrogen) atoms. The first kappa shape index (κ1) is 22.7. The predicted octanol–water partition coefficient (Wildman–Crippen LogP) is 0.283. The number of hydrogen-bond donors (Lipinski definition) is 4. The summed E-state index contributed by atoms with van der Waals surface area (Å²) in [5.41, 5.74) is -0.983. The Morgan fingerprint density at radius 1 is 1.31 bits per heavy atom. The molecular formula is C17H27F3N8O. The number of likely N-dealkylation sites (tertiary alicyclic amines) is 1. The molecule has 0 atom stereocenters. The Hall–Kier alpha value is -2.63. The van der Waals surface area contributed by atoms with Crippen LogP contribution >= 0.6 is 0 Å². The minimum Gasteiger partial charge on any atom is -0.358 e. The van der Waals surface area contributed by atoms with Crippen LogP contribution in [0.2, 0.25) is 0 Å². The van der Waals surface area contributed by atoms with Gasteiger partial charge in [0.15, 0.2) is 5.96 Å². The number of halogens is 3. The largest absolute Gasteiger partial charge is 0.433 e. The van der Waals surface area contributed by atoms with Crippen LogP contribution in [-0.2, 0) is 11.0 Å². The summed E-state index contributed by atoms with van der Waals surface area (Å²) in [5.74, 6) is 0.542. The maximum absolute atomic E-state index is 12.7. The molecule has 0 bridgehead atoms. The van der Waals surface area contributed by atoms with Gasteiger partial charge in [-0.25, -0.2) is 9.97 Å². The zero-order valence-corrected chi connectivity index (χ0v) is 16.5. The fourth-order valence-electron chi connectivity index (χ4n) is 2.86. The summed E-state index contributed by atoms with van der Waals surface area (Å²) in [6.45, 7) is 2.79. The lowest BCUT2D eigenvalue weighted by Gasteiger charge is -2.32. The summed E-state index contributed by atoms with van der Waals surface area (Å²) in [6, 6.07) is 1.07. The van der Waals surface area contributed by atoms with E-state index in [2.05, 4.69) is 41.1 Å². The fourth-order valence-corrected chi connectivity index (χ4v) is 2.86. The number of piperidine rings is 1. The van der Waals surface area contributed by atoms with Gasteiger partial charge in [0.2, 0.25) is 11.9 Å². The van der Waals surface area contributed by atoms with Crippen LogP contribution in [0.5, 0.6) is 0 Å². The van der Waals surface area contributed by atoms with Crippen LogP contribution in [0.3, 0.4) is 0 Å². The molecule has 1 aliphatic rings. The van der Waals surface area contributed by atoms with Crippen molar-refractivity contribution in [2.24, 2.45) is 4.99 Å². The average Bonchev–Trinajstić information content (AvgIpc) is 2.71. The molecule has 12 heteroatoms. The Bertz CT molecular complexity index is 690. The van der Waals surface area contributed by atoms with Gasteiger partial charge in [-0.15, -0.1) is 0 Å². The molecular weight excluding hydrogens is 389 g/mol. The van der Waals surface area contributed by atoms with Crippen molar-refractivity contribution in [1.29, 1.82) is 0 Å². The van der Waals surface area contributed by atoms with Crippen LogP contribution < -0.4 is 21.3 Å². The van der Waals surface area contributed by atoms with E-state index in [0.29, 0.717) is 25.6 Å². The summed E-state index contributed by atoms with van der Waals surface area (Å²) in [5, 5.41) is 11.8. The van der Waals surface area contributed by atoms with Crippen LogP contribution in [0.1, 0.15) is 18.5 Å². The van der Waals surface area contributed by atoms with E-state index >= 15 is 0 Å². The van der Waals surface area contributed by atoms with Crippen LogP contribution in [0.15, 0.2) is 17.3 Å². The van der Waals surface area contributed by atoms with Gasteiger partial charge in [0.05, 0.1) is 6.54 Å². The van der Waals surface area contributed by atoms with Crippen molar-refractivity contribution in [3.8, 4) is 0 Å². The number of alkyl halides is 3. The average molecular weight is 416 g/mol. The number of carbonyl (C=O) groups excluding carboxylic acids is 1. The Morgan fingerprint density at radius 3 is 2.66 bits per heavy atom. The lowest BCUT2D eigenvalue weighted by Crippen LogP contribution is -2.50. The SMILES string of the molecule is CN=C(NCCNc1nccc(C(F)(F)F)n1)NC1CCN(CC(=O)NC)CC1. The number of anilines is 1. The molecule has 1 aromatic rings. The van der Waals surface area contributed by atoms with Crippen LogP contribution in [0.4, 0.5) is 19.1 Å². The summed E-state index contributed by atoms with van der Waals surface area (Å²) in [6.07, 6.45) is -1.66. The molecule has 2 rings (SSSR count). The third-order valence-electron chi connectivity index (χ3n) is 4.44. The lowest BCUT2D eigenvalue weighted by molar-refractivity contribution is -0.141. The van der Waals surface area contributed by atoms with E-state index < -0.39 is 11.9 Å². The van der Waals surface area contributed by atoms with Crippen molar-refractivity contribution in [3.63, 3.8) is 0 Å². The summed E-state index contributed by atoms with van der Waals surface area (Å²) in [7, 11) is 3.28. The van der Waals surface area contributed by atoms with Gasteiger partial charge in [-0.1, -0.05) is 0 Å². The molecule has 1 amide bonds. The number of hydrogen-bond acceptors (Lipinski definition) is 6. The highest BCUT2D eigenvalue weighted by molar-refractivity contribution is 5.80. The first-order chi connectivity index (χ1) is 13.8. The molecule has 162 valence electrons. The van der Waals surface area contributed by atoms with E-state index in [1.807, 2.05) is 0 Å². The molecule has 4 N–H and O–H groups in total. The van der Waals surface area contributed by atoms with E-state index in [4.69, 9.17) is 0 Å². The van der Waals surface area contributed by atoms with Gasteiger partial charge < -0.3 is 21.3 Å². The number of likely N-dealkylation sites (N-methyl/N-ethyl adjacent to an activating group) is 1. The molecule has 0 spiro atoms. The molecule has 1 saturated heterocycles. The lowest BCUT2D eigenvalue weighted by atomic mass is 10.1. The second kappa shape index (κ2) is 10.8. The Balaban J connectivity index is 1.69. The molecule has 1 aliphatic heterocycles. The van der Waals surface area contributed by atoms with Crippen molar-refractivity contribution in [2.45, 2.75) is 25.1 Å². The van der Waals surface area contributed by atoms with Gasteiger partial charge in [0.25, 0.3) is 0 Å². The third-order valence-corrected chi connectivity index (χ3v) is 4.44. The Kier molecular flexibility index (Phi) is 8.43. The number of guanidine groups is 1. The summed E-state index contributed by atoms with van der Waals surface area (Å²) < 4.78 is 38.0. The van der Waals surface area contributed by atoms with Crippen LogP contribution in [0, 0.1) is 0 Å². The maximum atomic E-state index is 12.7. The molecule has 0 aromatic carbocycles. The fraction of sp³-hybridized carbons (Fsp3) is 0.647. The van der Waals surface area contributed by atoms with E-state index in [1.165, 1.54) is 0 Å². The van der Waals surface area contributed by atoms with Crippen molar-refractivity contribution in [3.05, 3.63) is 18.0 Å². The molecule has 1 aromatic heterocycles. The first-order valence-corrected chi connectivity index (χ1v) is 9.36. The van der Waals surface area contributed by atoms with E-state index in [9.17, 15) is 18.0 Å². The molecule has 2 heterocycles. The van der Waals surface area contributed by atoms with Gasteiger partial charge in [0, 0.05) is 52.5 Å². The highest BCUT2D eigenvalue weighted by Crippen LogP contribution is 2.27. The zero-order valence-electron chi connectivity index (χ0n) is 16.5. The van der Waals surface area contributed by atoms with Crippen molar-refractivity contribution in [2.75, 3.05) is 52.1 Å². The van der Waals surface area contributed by atoms with Gasteiger partial charge in [-0.2, -0.15) is 13.2 Å². The van der Waals surface area contributed by atoms with Crippen LogP contribution in [0.25, 0.3) is 0 Å². The normalized spacial score (nSPS) is 16.4. The second-order valence-electron chi connectivity index (χ2n) is 6.56. The zero-order chi connectivity index (χ0) is 21.3. The highest BCUT2D eigenvalue weighted by Gasteiger charge is 2.32. The van der Waals surface area contributed by atoms with Crippen molar-refractivity contribution >= 4 is 17.8 Å². The summed E-state index contributed by atoms with van der Waals surface area (Å²) >= 11 is 0. The van der Waals surface area contributed by atoms with Gasteiger partial charge >= 0.3 is 6.18 Å². The van der Waals surface area contributed by atoms with Crippen molar-refractivity contribution in [1.82, 2.24) is 30.8 Å². The van der Waals surface area contributed by atoms with Gasteiger partial charge in [-0.05, 0) is 18.9 Å². The number of aromatic nitrogens is 2. The third kappa shape index (κ3) is 7.72. The molecule has 1 fully saturated rings. The molecule has 9 nitrogen and oxygen atoms in total. The Morgan fingerprint density at radius 2 is 2.03 bits per heavy atom. The predicted molar refractivity (Wildman–Crippen MR) is 104 cm³/mol. The second-order valence-corrected chi connectivity index (χ2v) is 6.56. The quantitative estimate of drug-likeness (QED) is 0.287.